The third kappa shape index (κ3) is 3.14. The molecule has 2 aliphatic rings. The van der Waals surface area contributed by atoms with Crippen LogP contribution in [0.1, 0.15) is 51.5 Å². The highest BCUT2D eigenvalue weighted by Crippen LogP contribution is 2.50. The number of β-lactam (4-membered cyclic amide) rings is 1. The van der Waals surface area contributed by atoms with Gasteiger partial charge in [-0.1, -0.05) is 19.3 Å². The summed E-state index contributed by atoms with van der Waals surface area (Å²) in [5, 5.41) is 2.77. The van der Waals surface area contributed by atoms with Gasteiger partial charge in [0.1, 0.15) is 17.7 Å². The fourth-order valence-corrected chi connectivity index (χ4v) is 4.27. The minimum atomic E-state index is -0.671. The molecule has 1 atom stereocenters. The van der Waals surface area contributed by atoms with E-state index >= 15 is 0 Å². The van der Waals surface area contributed by atoms with E-state index in [0.29, 0.717) is 5.56 Å². The fraction of sp³-hybridized carbons (Fsp3) is 0.579. The van der Waals surface area contributed by atoms with Crippen molar-refractivity contribution >= 4 is 11.8 Å². The van der Waals surface area contributed by atoms with Gasteiger partial charge in [-0.3, -0.25) is 9.59 Å². The first kappa shape index (κ1) is 17.8. The largest absolute Gasteiger partial charge is 0.350 e. The first-order chi connectivity index (χ1) is 11.8. The molecule has 6 heteroatoms. The van der Waals surface area contributed by atoms with Crippen molar-refractivity contribution in [1.29, 1.82) is 0 Å². The molecule has 1 aliphatic carbocycles. The molecule has 0 bridgehead atoms. The van der Waals surface area contributed by atoms with Crippen LogP contribution in [0.4, 0.5) is 8.78 Å². The van der Waals surface area contributed by atoms with Crippen molar-refractivity contribution in [2.45, 2.75) is 64.6 Å². The van der Waals surface area contributed by atoms with E-state index in [9.17, 15) is 18.4 Å². The summed E-state index contributed by atoms with van der Waals surface area (Å²) in [6.45, 7) is 3.84. The Morgan fingerprint density at radius 2 is 1.80 bits per heavy atom. The van der Waals surface area contributed by atoms with E-state index in [0.717, 1.165) is 38.2 Å². The number of benzene rings is 1. The number of likely N-dealkylation sites (tertiary alicyclic amines) is 1. The molecule has 1 saturated carbocycles. The number of nitrogens with one attached hydrogen (secondary N) is 1. The molecule has 3 rings (SSSR count). The topological polar surface area (TPSA) is 49.4 Å². The van der Waals surface area contributed by atoms with E-state index in [2.05, 4.69) is 5.32 Å². The van der Waals surface area contributed by atoms with Crippen LogP contribution in [0, 0.1) is 17.0 Å². The molecule has 1 N–H and O–H groups in total. The van der Waals surface area contributed by atoms with Gasteiger partial charge in [-0.15, -0.1) is 0 Å². The number of hydrogen-bond acceptors (Lipinski definition) is 2. The van der Waals surface area contributed by atoms with Crippen LogP contribution in [0.3, 0.4) is 0 Å². The average Bonchev–Trinajstić information content (AvgIpc) is 2.56. The van der Waals surface area contributed by atoms with Crippen molar-refractivity contribution in [2.75, 3.05) is 0 Å². The first-order valence-electron chi connectivity index (χ1n) is 8.90. The van der Waals surface area contributed by atoms with Gasteiger partial charge in [-0.05, 0) is 44.4 Å². The zero-order chi connectivity index (χ0) is 18.2. The molecule has 25 heavy (non-hydrogen) atoms. The second-order valence-corrected chi connectivity index (χ2v) is 7.42. The van der Waals surface area contributed by atoms with E-state index in [1.54, 1.807) is 4.90 Å². The van der Waals surface area contributed by atoms with Crippen LogP contribution in [-0.4, -0.2) is 28.8 Å². The first-order valence-corrected chi connectivity index (χ1v) is 8.90. The molecule has 1 aromatic rings. The summed E-state index contributed by atoms with van der Waals surface area (Å²) < 4.78 is 26.6. The zero-order valence-electron chi connectivity index (χ0n) is 14.6. The van der Waals surface area contributed by atoms with Crippen LogP contribution in [-0.2, 0) is 16.1 Å². The lowest BCUT2D eigenvalue weighted by Gasteiger charge is -2.58. The van der Waals surface area contributed by atoms with Gasteiger partial charge in [-0.25, -0.2) is 8.78 Å². The number of carbonyl (C=O) groups is 2. The monoisotopic (exact) mass is 350 g/mol. The normalized spacial score (nSPS) is 22.2. The molecular weight excluding hydrogens is 326 g/mol. The third-order valence-electron chi connectivity index (χ3n) is 5.40. The van der Waals surface area contributed by atoms with Crippen LogP contribution in [0.5, 0.6) is 0 Å². The lowest BCUT2D eigenvalue weighted by Crippen LogP contribution is -2.75. The summed E-state index contributed by atoms with van der Waals surface area (Å²) in [6, 6.07) is 2.66. The van der Waals surface area contributed by atoms with Crippen molar-refractivity contribution in [3.8, 4) is 0 Å². The maximum atomic E-state index is 13.3. The number of amides is 2. The Balaban J connectivity index is 1.74. The molecular formula is C19H24F2N2O2. The smallest absolute Gasteiger partial charge is 0.244 e. The van der Waals surface area contributed by atoms with Gasteiger partial charge in [0, 0.05) is 18.7 Å². The summed E-state index contributed by atoms with van der Waals surface area (Å²) in [7, 11) is 0. The number of rotatable bonds is 4. The number of halogens is 2. The summed E-state index contributed by atoms with van der Waals surface area (Å²) in [5.41, 5.74) is -0.218. The second-order valence-electron chi connectivity index (χ2n) is 7.42. The minimum absolute atomic E-state index is 0.0419. The van der Waals surface area contributed by atoms with Gasteiger partial charge in [-0.2, -0.15) is 0 Å². The molecule has 1 aromatic carbocycles. The lowest BCUT2D eigenvalue weighted by molar-refractivity contribution is -0.186. The Bertz CT molecular complexity index is 664. The van der Waals surface area contributed by atoms with E-state index in [1.165, 1.54) is 12.1 Å². The molecule has 1 saturated heterocycles. The van der Waals surface area contributed by atoms with Crippen molar-refractivity contribution < 1.29 is 18.4 Å². The number of carbonyl (C=O) groups excluding carboxylic acids is 2. The predicted octanol–water partition coefficient (Wildman–Crippen LogP) is 3.15. The van der Waals surface area contributed by atoms with Crippen LogP contribution < -0.4 is 5.32 Å². The van der Waals surface area contributed by atoms with Gasteiger partial charge in [0.15, 0.2) is 0 Å². The zero-order valence-corrected chi connectivity index (χ0v) is 14.6. The van der Waals surface area contributed by atoms with Crippen molar-refractivity contribution in [2.24, 2.45) is 5.41 Å². The van der Waals surface area contributed by atoms with Crippen LogP contribution in [0.15, 0.2) is 18.2 Å². The Morgan fingerprint density at radius 1 is 1.20 bits per heavy atom. The SMILES string of the molecule is CC(C)N1C(=O)C2(CCCCC2)C1C(=O)NCc1cc(F)cc(F)c1. The Kier molecular flexibility index (Phi) is 4.80. The maximum absolute atomic E-state index is 13.3. The maximum Gasteiger partial charge on any atom is 0.244 e. The van der Waals surface area contributed by atoms with Crippen molar-refractivity contribution in [1.82, 2.24) is 10.2 Å². The summed E-state index contributed by atoms with van der Waals surface area (Å²) in [5.74, 6) is -1.51. The molecule has 136 valence electrons. The highest BCUT2D eigenvalue weighted by Gasteiger charge is 2.63. The highest BCUT2D eigenvalue weighted by molar-refractivity contribution is 6.02. The molecule has 1 heterocycles. The van der Waals surface area contributed by atoms with E-state index in [-0.39, 0.29) is 24.4 Å². The summed E-state index contributed by atoms with van der Waals surface area (Å²) in [4.78, 5) is 27.2. The lowest BCUT2D eigenvalue weighted by atomic mass is 9.61. The summed E-state index contributed by atoms with van der Waals surface area (Å²) >= 11 is 0. The van der Waals surface area contributed by atoms with E-state index in [4.69, 9.17) is 0 Å². The number of hydrogen-bond donors (Lipinski definition) is 1. The van der Waals surface area contributed by atoms with Crippen molar-refractivity contribution in [3.05, 3.63) is 35.4 Å². The van der Waals surface area contributed by atoms with Gasteiger partial charge < -0.3 is 10.2 Å². The quantitative estimate of drug-likeness (QED) is 0.848. The van der Waals surface area contributed by atoms with Gasteiger partial charge >= 0.3 is 0 Å². The average molecular weight is 350 g/mol. The Hall–Kier alpha value is -1.98. The fourth-order valence-electron chi connectivity index (χ4n) is 4.27. The molecule has 1 spiro atoms. The predicted molar refractivity (Wildman–Crippen MR) is 89.5 cm³/mol. The third-order valence-corrected chi connectivity index (χ3v) is 5.40. The highest BCUT2D eigenvalue weighted by atomic mass is 19.1. The Morgan fingerprint density at radius 3 is 2.36 bits per heavy atom. The Labute approximate surface area is 146 Å². The second kappa shape index (κ2) is 6.73. The molecule has 2 amide bonds. The van der Waals surface area contributed by atoms with Crippen LogP contribution >= 0.6 is 0 Å². The van der Waals surface area contributed by atoms with E-state index in [1.807, 2.05) is 13.8 Å². The van der Waals surface area contributed by atoms with Crippen LogP contribution in [0.25, 0.3) is 0 Å². The molecule has 1 aliphatic heterocycles. The van der Waals surface area contributed by atoms with Crippen molar-refractivity contribution in [3.63, 3.8) is 0 Å². The summed E-state index contributed by atoms with van der Waals surface area (Å²) in [6.07, 6.45) is 4.48. The molecule has 1 unspecified atom stereocenters. The standard InChI is InChI=1S/C19H24F2N2O2/c1-12(2)23-16(19(18(23)25)6-4-3-5-7-19)17(24)22-11-13-8-14(20)10-15(21)9-13/h8-10,12,16H,3-7,11H2,1-2H3,(H,22,24). The molecule has 2 fully saturated rings. The van der Waals surface area contributed by atoms with Gasteiger partial charge in [0.2, 0.25) is 11.8 Å². The molecule has 0 radical (unpaired) electrons. The van der Waals surface area contributed by atoms with Gasteiger partial charge in [0.25, 0.3) is 0 Å². The molecule has 0 aromatic heterocycles. The van der Waals surface area contributed by atoms with Crippen LogP contribution in [0.2, 0.25) is 0 Å². The van der Waals surface area contributed by atoms with E-state index < -0.39 is 23.1 Å². The van der Waals surface area contributed by atoms with Gasteiger partial charge in [0.05, 0.1) is 5.41 Å². The minimum Gasteiger partial charge on any atom is -0.350 e. The molecule has 4 nitrogen and oxygen atoms in total. The number of nitrogens with zero attached hydrogens (tertiary/aromatic N) is 1.